The van der Waals surface area contributed by atoms with Gasteiger partial charge in [-0.1, -0.05) is 23.9 Å². The minimum atomic E-state index is -0.0894. The second-order valence-electron chi connectivity index (χ2n) is 5.97. The van der Waals surface area contributed by atoms with Gasteiger partial charge < -0.3 is 10.0 Å². The molecule has 0 unspecified atom stereocenters. The van der Waals surface area contributed by atoms with Gasteiger partial charge >= 0.3 is 0 Å². The molecule has 2 aliphatic rings. The minimum Gasteiger partial charge on any atom is -0.395 e. The van der Waals surface area contributed by atoms with Crippen molar-refractivity contribution in [2.75, 3.05) is 26.0 Å². The number of amides is 1. The van der Waals surface area contributed by atoms with Crippen molar-refractivity contribution < 1.29 is 9.90 Å². The fourth-order valence-electron chi connectivity index (χ4n) is 3.50. The van der Waals surface area contributed by atoms with Crippen LogP contribution in [-0.2, 0) is 0 Å². The van der Waals surface area contributed by atoms with Gasteiger partial charge in [-0.3, -0.25) is 4.79 Å². The quantitative estimate of drug-likeness (QED) is 0.492. The van der Waals surface area contributed by atoms with Crippen LogP contribution in [0.4, 0.5) is 0 Å². The van der Waals surface area contributed by atoms with Crippen LogP contribution in [0.5, 0.6) is 0 Å². The number of aromatic nitrogens is 2. The van der Waals surface area contributed by atoms with Crippen molar-refractivity contribution in [2.24, 2.45) is 17.8 Å². The fourth-order valence-corrected chi connectivity index (χ4v) is 3.81. The predicted molar refractivity (Wildman–Crippen MR) is 85.6 cm³/mol. The van der Waals surface area contributed by atoms with E-state index >= 15 is 0 Å². The number of nitrogens with zero attached hydrogens (tertiary/aromatic N) is 3. The first-order chi connectivity index (χ1) is 10.7. The Labute approximate surface area is 134 Å². The number of aliphatic hydroxyl groups is 1. The Balaban J connectivity index is 1.69. The summed E-state index contributed by atoms with van der Waals surface area (Å²) in [7, 11) is 0. The second kappa shape index (κ2) is 6.79. The first-order valence-electron chi connectivity index (χ1n) is 7.65. The molecule has 3 atom stereocenters. The Morgan fingerprint density at radius 1 is 1.36 bits per heavy atom. The highest BCUT2D eigenvalue weighted by atomic mass is 32.2. The number of fused-ring (bicyclic) bond motifs is 2. The lowest BCUT2D eigenvalue weighted by atomic mass is 9.93. The van der Waals surface area contributed by atoms with Crippen molar-refractivity contribution in [1.29, 1.82) is 0 Å². The Morgan fingerprint density at radius 2 is 2.14 bits per heavy atom. The molecule has 0 aliphatic heterocycles. The van der Waals surface area contributed by atoms with Crippen molar-refractivity contribution in [3.63, 3.8) is 0 Å². The maximum absolute atomic E-state index is 12.6. The van der Waals surface area contributed by atoms with E-state index in [1.165, 1.54) is 18.2 Å². The zero-order valence-electron chi connectivity index (χ0n) is 12.7. The summed E-state index contributed by atoms with van der Waals surface area (Å²) in [5.74, 6) is 1.70. The summed E-state index contributed by atoms with van der Waals surface area (Å²) < 4.78 is 0. The van der Waals surface area contributed by atoms with E-state index in [1.807, 2.05) is 6.26 Å². The number of carbonyl (C=O) groups is 1. The van der Waals surface area contributed by atoms with Crippen LogP contribution in [0.25, 0.3) is 0 Å². The molecule has 2 bridgehead atoms. The van der Waals surface area contributed by atoms with Crippen molar-refractivity contribution in [3.05, 3.63) is 30.1 Å². The number of hydrogen-bond donors (Lipinski definition) is 1. The van der Waals surface area contributed by atoms with Crippen LogP contribution in [0.2, 0.25) is 0 Å². The molecule has 5 nitrogen and oxygen atoms in total. The second-order valence-corrected chi connectivity index (χ2v) is 6.75. The third kappa shape index (κ3) is 3.17. The Bertz CT molecular complexity index is 561. The molecule has 0 spiro atoms. The van der Waals surface area contributed by atoms with Gasteiger partial charge in [0, 0.05) is 25.5 Å². The van der Waals surface area contributed by atoms with E-state index in [4.69, 9.17) is 0 Å². The topological polar surface area (TPSA) is 66.3 Å². The number of allylic oxidation sites excluding steroid dienone is 2. The lowest BCUT2D eigenvalue weighted by molar-refractivity contribution is 0.0680. The van der Waals surface area contributed by atoms with Gasteiger partial charge in [0.2, 0.25) is 0 Å². The maximum Gasteiger partial charge on any atom is 0.257 e. The first kappa shape index (κ1) is 15.5. The average molecular weight is 319 g/mol. The number of hydrogen-bond acceptors (Lipinski definition) is 5. The lowest BCUT2D eigenvalue weighted by Crippen LogP contribution is -2.38. The van der Waals surface area contributed by atoms with Crippen molar-refractivity contribution in [2.45, 2.75) is 18.0 Å². The van der Waals surface area contributed by atoms with E-state index < -0.39 is 0 Å². The van der Waals surface area contributed by atoms with Crippen LogP contribution in [-0.4, -0.2) is 51.8 Å². The van der Waals surface area contributed by atoms with Gasteiger partial charge in [-0.05, 0) is 36.9 Å². The molecule has 22 heavy (non-hydrogen) atoms. The first-order valence-corrected chi connectivity index (χ1v) is 8.88. The molecule has 1 N–H and O–H groups in total. The normalized spacial score (nSPS) is 25.6. The van der Waals surface area contributed by atoms with Crippen LogP contribution >= 0.6 is 11.8 Å². The van der Waals surface area contributed by atoms with Gasteiger partial charge in [-0.25, -0.2) is 9.97 Å². The predicted octanol–water partition coefficient (Wildman–Crippen LogP) is 1.85. The number of carbonyl (C=O) groups excluding carboxylic acids is 1. The van der Waals surface area contributed by atoms with Gasteiger partial charge in [-0.2, -0.15) is 0 Å². The van der Waals surface area contributed by atoms with Crippen LogP contribution in [0.15, 0.2) is 29.7 Å². The van der Waals surface area contributed by atoms with Crippen LogP contribution in [0, 0.1) is 17.8 Å². The summed E-state index contributed by atoms with van der Waals surface area (Å²) >= 11 is 1.45. The molecule has 1 heterocycles. The molecule has 1 aromatic heterocycles. The molecule has 0 saturated heterocycles. The summed E-state index contributed by atoms with van der Waals surface area (Å²) in [5.41, 5.74) is 0.491. The Hall–Kier alpha value is -1.40. The molecule has 1 fully saturated rings. The van der Waals surface area contributed by atoms with E-state index in [0.717, 1.165) is 6.42 Å². The molecule has 3 rings (SSSR count). The molecular formula is C16H21N3O2S. The van der Waals surface area contributed by atoms with Gasteiger partial charge in [0.1, 0.15) is 0 Å². The standard InChI is InChI=1S/C16H21N3O2S/c1-22-16-17-8-14(9-18-16)15(21)19(4-5-20)10-13-7-11-2-3-12(13)6-11/h2-3,8-9,11-13,20H,4-7,10H2,1H3/t11-,12-,13-/m0/s1. The zero-order valence-corrected chi connectivity index (χ0v) is 13.5. The molecule has 1 aromatic rings. The Kier molecular flexibility index (Phi) is 4.78. The third-order valence-electron chi connectivity index (χ3n) is 4.59. The molecule has 2 aliphatic carbocycles. The SMILES string of the molecule is CSc1ncc(C(=O)N(CCO)C[C@@H]2C[C@H]3C=C[C@H]2C3)cn1. The number of rotatable bonds is 6. The lowest BCUT2D eigenvalue weighted by Gasteiger charge is -2.28. The van der Waals surface area contributed by atoms with E-state index in [2.05, 4.69) is 22.1 Å². The average Bonchev–Trinajstić information content (AvgIpc) is 3.17. The molecule has 0 radical (unpaired) electrons. The van der Waals surface area contributed by atoms with Crippen LogP contribution in [0.3, 0.4) is 0 Å². The summed E-state index contributed by atoms with van der Waals surface area (Å²) in [6, 6.07) is 0. The van der Waals surface area contributed by atoms with E-state index in [1.54, 1.807) is 17.3 Å². The largest absolute Gasteiger partial charge is 0.395 e. The minimum absolute atomic E-state index is 0.0217. The molecule has 6 heteroatoms. The molecule has 118 valence electrons. The number of aliphatic hydroxyl groups excluding tert-OH is 1. The molecular weight excluding hydrogens is 298 g/mol. The molecule has 1 saturated carbocycles. The van der Waals surface area contributed by atoms with Gasteiger partial charge in [0.05, 0.1) is 12.2 Å². The third-order valence-corrected chi connectivity index (χ3v) is 5.16. The summed E-state index contributed by atoms with van der Waals surface area (Å²) in [6.07, 6.45) is 12.0. The highest BCUT2D eigenvalue weighted by Crippen LogP contribution is 2.43. The van der Waals surface area contributed by atoms with Gasteiger partial charge in [-0.15, -0.1) is 0 Å². The number of thioether (sulfide) groups is 1. The summed E-state index contributed by atoms with van der Waals surface area (Å²) in [5, 5.41) is 9.93. The summed E-state index contributed by atoms with van der Waals surface area (Å²) in [6.45, 7) is 1.04. The zero-order chi connectivity index (χ0) is 15.5. The maximum atomic E-state index is 12.6. The smallest absolute Gasteiger partial charge is 0.257 e. The monoisotopic (exact) mass is 319 g/mol. The highest BCUT2D eigenvalue weighted by molar-refractivity contribution is 7.98. The van der Waals surface area contributed by atoms with Crippen molar-refractivity contribution in [3.8, 4) is 0 Å². The van der Waals surface area contributed by atoms with Gasteiger partial charge in [0.15, 0.2) is 5.16 Å². The Morgan fingerprint density at radius 3 is 2.68 bits per heavy atom. The van der Waals surface area contributed by atoms with Crippen LogP contribution in [0.1, 0.15) is 23.2 Å². The van der Waals surface area contributed by atoms with E-state index in [-0.39, 0.29) is 12.5 Å². The van der Waals surface area contributed by atoms with Crippen molar-refractivity contribution >= 4 is 17.7 Å². The van der Waals surface area contributed by atoms with E-state index in [9.17, 15) is 9.90 Å². The highest BCUT2D eigenvalue weighted by Gasteiger charge is 2.37. The fraction of sp³-hybridized carbons (Fsp3) is 0.562. The molecule has 1 amide bonds. The van der Waals surface area contributed by atoms with Crippen LogP contribution < -0.4 is 0 Å². The van der Waals surface area contributed by atoms with Crippen molar-refractivity contribution in [1.82, 2.24) is 14.9 Å². The molecule has 0 aromatic carbocycles. The van der Waals surface area contributed by atoms with E-state index in [0.29, 0.717) is 41.6 Å². The van der Waals surface area contributed by atoms with Gasteiger partial charge in [0.25, 0.3) is 5.91 Å². The summed E-state index contributed by atoms with van der Waals surface area (Å²) in [4.78, 5) is 22.7.